The van der Waals surface area contributed by atoms with Gasteiger partial charge in [-0.15, -0.1) is 0 Å². The molecule has 0 saturated carbocycles. The summed E-state index contributed by atoms with van der Waals surface area (Å²) in [4.78, 5) is 13.6. The second-order valence-corrected chi connectivity index (χ2v) is 15.9. The van der Waals surface area contributed by atoms with E-state index in [-0.39, 0.29) is 0 Å². The normalized spacial score (nSPS) is 19.7. The second kappa shape index (κ2) is 16.8. The van der Waals surface area contributed by atoms with Gasteiger partial charge in [0.25, 0.3) is 0 Å². The minimum Gasteiger partial charge on any atom is -0.307 e. The van der Waals surface area contributed by atoms with Crippen LogP contribution in [0.1, 0.15) is 57.6 Å². The summed E-state index contributed by atoms with van der Waals surface area (Å²) in [7, 11) is 0. The molecule has 12 aromatic carbocycles. The maximum atomic E-state index is 10.5. The molecule has 3 heterocycles. The number of aromatic nitrogens is 5. The average molecular weight is 984 g/mol. The zero-order valence-corrected chi connectivity index (χ0v) is 36.8. The van der Waals surface area contributed by atoms with Gasteiger partial charge in [-0.2, -0.15) is 9.97 Å². The molecule has 74 heavy (non-hydrogen) atoms. The Morgan fingerprint density at radius 1 is 0.257 bits per heavy atom. The lowest BCUT2D eigenvalue weighted by Gasteiger charge is -2.15. The first kappa shape index (κ1) is 17.7. The SMILES string of the molecule is [2H]c1cc2c(c([2H])c1[2H])c1c([2H])c([2H])c3c4c([2H])c([2H])c([2H])c([2H])c4n(-c4c([2H])c([2H])c([2H])c(-c5c([2H])c([2H])c6c7c([2H])c([2H])c([2H])c([2H])c7c7c([2H])c([2H])c([2H])c([2H])c7c6c5[2H])c4[2H])c3c1n2-c1nc(-c2c([2H])c([2H])c([2H])c([2H])c2[2H])nc(-c2c([2H])c([2H])c(-c3c([2H])c([2H])c([2H])c(-c4c([2H])c([2H])c([2H])c([2H])c4[2H])c3[2H])c([2H])c2[2H])n1. The van der Waals surface area contributed by atoms with Crippen molar-refractivity contribution in [2.45, 2.75) is 0 Å². The van der Waals surface area contributed by atoms with E-state index in [0.29, 0.717) is 4.57 Å². The largest absolute Gasteiger partial charge is 0.307 e. The summed E-state index contributed by atoms with van der Waals surface area (Å²) in [6.45, 7) is 0. The van der Waals surface area contributed by atoms with Crippen molar-refractivity contribution in [1.82, 2.24) is 24.1 Å². The number of fused-ring (bicyclic) bond motifs is 13. The van der Waals surface area contributed by atoms with Gasteiger partial charge in [-0.3, -0.25) is 4.57 Å². The molecule has 3 aromatic heterocycles. The Balaban J connectivity index is 1.14. The molecule has 5 nitrogen and oxygen atoms in total. The lowest BCUT2D eigenvalue weighted by atomic mass is 9.92. The fourth-order valence-electron chi connectivity index (χ4n) is 8.72. The highest BCUT2D eigenvalue weighted by Crippen LogP contribution is 2.43. The van der Waals surface area contributed by atoms with E-state index in [9.17, 15) is 28.8 Å². The van der Waals surface area contributed by atoms with Gasteiger partial charge in [0, 0.05) is 38.4 Å². The van der Waals surface area contributed by atoms with Crippen molar-refractivity contribution in [2.75, 3.05) is 0 Å². The van der Waals surface area contributed by atoms with E-state index in [1.807, 2.05) is 0 Å². The summed E-state index contributed by atoms with van der Waals surface area (Å²) in [5.74, 6) is -3.21. The summed E-state index contributed by atoms with van der Waals surface area (Å²) in [5, 5.41) is -6.71. The predicted molar refractivity (Wildman–Crippen MR) is 308 cm³/mol. The van der Waals surface area contributed by atoms with Crippen LogP contribution in [0.3, 0.4) is 0 Å². The summed E-state index contributed by atoms with van der Waals surface area (Å²) < 4.78 is 390. The first-order valence-corrected chi connectivity index (χ1v) is 21.8. The van der Waals surface area contributed by atoms with E-state index in [4.69, 9.17) is 28.8 Å². The molecule has 0 aliphatic heterocycles. The third-order valence-corrected chi connectivity index (χ3v) is 11.9. The maximum Gasteiger partial charge on any atom is 0.238 e. The highest BCUT2D eigenvalue weighted by atomic mass is 15.2. The highest BCUT2D eigenvalue weighted by molar-refractivity contribution is 6.26. The van der Waals surface area contributed by atoms with Crippen LogP contribution in [-0.4, -0.2) is 24.1 Å². The molecule has 15 rings (SSSR count). The van der Waals surface area contributed by atoms with Gasteiger partial charge in [0.15, 0.2) is 11.6 Å². The monoisotopic (exact) mass is 984 g/mol. The Morgan fingerprint density at radius 2 is 0.676 bits per heavy atom. The summed E-state index contributed by atoms with van der Waals surface area (Å²) in [6.07, 6.45) is 0. The van der Waals surface area contributed by atoms with Gasteiger partial charge in [0.1, 0.15) is 0 Å². The first-order valence-electron chi connectivity index (χ1n) is 42.8. The molecule has 0 bridgehead atoms. The van der Waals surface area contributed by atoms with Crippen molar-refractivity contribution in [2.24, 2.45) is 0 Å². The molecule has 5 heteroatoms. The minimum atomic E-state index is -1.27. The Morgan fingerprint density at radius 3 is 1.34 bits per heavy atom. The molecule has 15 aromatic rings. The number of benzene rings is 12. The number of hydrogen-bond donors (Lipinski definition) is 0. The molecule has 0 N–H and O–H groups in total. The molecule has 0 unspecified atom stereocenters. The summed E-state index contributed by atoms with van der Waals surface area (Å²) in [5.41, 5.74) is -11.9. The van der Waals surface area contributed by atoms with E-state index >= 15 is 0 Å². The van der Waals surface area contributed by atoms with Gasteiger partial charge < -0.3 is 4.57 Å². The fraction of sp³-hybridized carbons (Fsp3) is 0. The molecule has 0 saturated heterocycles. The Kier molecular flexibility index (Phi) is 4.02. The Labute approximate surface area is 485 Å². The second-order valence-electron chi connectivity index (χ2n) is 15.9. The van der Waals surface area contributed by atoms with Crippen molar-refractivity contribution in [3.63, 3.8) is 0 Å². The Hall–Kier alpha value is -9.97. The number of hydrogen-bond acceptors (Lipinski definition) is 3. The van der Waals surface area contributed by atoms with Gasteiger partial charge in [-0.25, -0.2) is 4.98 Å². The number of para-hydroxylation sites is 2. The lowest BCUT2D eigenvalue weighted by Crippen LogP contribution is -2.07. The standard InChI is InChI=1S/C69H43N5/c1-3-17-44(18-4-1)48-21-15-22-49(41-48)45-33-35-47(36-34-45)68-70-67(46-19-5-2-6-20-46)71-69(72-68)74-64-32-14-12-30-59(64)61-40-39-60-58-29-11-13-31-63(58)73(65(60)66(61)74)52-24-16-23-50(42-52)51-37-38-57-55-27-8-7-25-53(55)54-26-9-10-28-56(54)62(57)43-51/h1-43H/i1D,2D,3D,4D,5D,6D,7D,8D,9D,10D,11D,12D,13D,14D,15D,16D,17D,18D,19D,20D,21D,22D,23D,24D,25D,26D,27D,28D,29D,30D,31D,33D,34D,35D,36D,37D,38D,39D,40D,41D,42D,43D. The molecule has 0 fully saturated rings. The topological polar surface area (TPSA) is 48.5 Å². The predicted octanol–water partition coefficient (Wildman–Crippen LogP) is 17.9. The third-order valence-electron chi connectivity index (χ3n) is 11.9. The van der Waals surface area contributed by atoms with E-state index in [1.165, 1.54) is 0 Å². The van der Waals surface area contributed by atoms with Crippen LogP contribution in [0, 0.1) is 0 Å². The quantitative estimate of drug-likeness (QED) is 0.150. The van der Waals surface area contributed by atoms with Crippen molar-refractivity contribution in [1.29, 1.82) is 0 Å². The van der Waals surface area contributed by atoms with Crippen molar-refractivity contribution >= 4 is 75.9 Å². The molecule has 0 aliphatic rings. The van der Waals surface area contributed by atoms with Crippen LogP contribution in [-0.2, 0) is 0 Å². The van der Waals surface area contributed by atoms with Gasteiger partial charge in [0.2, 0.25) is 5.95 Å². The number of rotatable bonds is 7. The molecule has 344 valence electrons. The van der Waals surface area contributed by atoms with Crippen LogP contribution in [0.25, 0.3) is 144 Å². The summed E-state index contributed by atoms with van der Waals surface area (Å²) in [6, 6.07) is -43.1. The molecule has 0 amide bonds. The third kappa shape index (κ3) is 6.68. The van der Waals surface area contributed by atoms with Crippen LogP contribution in [0.15, 0.2) is 260 Å². The van der Waals surface area contributed by atoms with Crippen LogP contribution in [0.2, 0.25) is 0 Å². The highest BCUT2D eigenvalue weighted by Gasteiger charge is 2.24. The smallest absolute Gasteiger partial charge is 0.238 e. The first-order chi connectivity index (χ1) is 54.2. The molecule has 0 aliphatic carbocycles. The molecule has 0 spiro atoms. The number of nitrogens with zero attached hydrogens (tertiary/aromatic N) is 5. The zero-order chi connectivity index (χ0) is 85.2. The lowest BCUT2D eigenvalue weighted by molar-refractivity contribution is 0.953. The van der Waals surface area contributed by atoms with Gasteiger partial charge >= 0.3 is 0 Å². The van der Waals surface area contributed by atoms with Crippen LogP contribution < -0.4 is 0 Å². The van der Waals surface area contributed by atoms with E-state index in [2.05, 4.69) is 15.0 Å². The fourth-order valence-corrected chi connectivity index (χ4v) is 8.72. The van der Waals surface area contributed by atoms with Crippen LogP contribution in [0.5, 0.6) is 0 Å². The average Bonchev–Trinajstić information content (AvgIpc) is 1.43. The van der Waals surface area contributed by atoms with E-state index in [1.54, 1.807) is 0 Å². The van der Waals surface area contributed by atoms with Crippen LogP contribution in [0.4, 0.5) is 0 Å². The molecular formula is C69H43N5. The molecule has 0 atom stereocenters. The maximum absolute atomic E-state index is 10.5. The molecule has 0 radical (unpaired) electrons. The summed E-state index contributed by atoms with van der Waals surface area (Å²) >= 11 is 0. The van der Waals surface area contributed by atoms with Crippen molar-refractivity contribution in [3.8, 4) is 67.8 Å². The van der Waals surface area contributed by atoms with E-state index < -0.39 is 398 Å². The minimum absolute atomic E-state index is 0.568. The van der Waals surface area contributed by atoms with Crippen molar-refractivity contribution < 1.29 is 57.6 Å². The zero-order valence-electron chi connectivity index (χ0n) is 78.8. The van der Waals surface area contributed by atoms with Gasteiger partial charge in [0.05, 0.1) is 79.6 Å². The van der Waals surface area contributed by atoms with Gasteiger partial charge in [-0.05, 0) is 102 Å². The molecular weight excluding hydrogens is 899 g/mol. The van der Waals surface area contributed by atoms with E-state index in [0.717, 1.165) is 10.6 Å². The van der Waals surface area contributed by atoms with Gasteiger partial charge in [-0.1, -0.05) is 224 Å². The van der Waals surface area contributed by atoms with Crippen molar-refractivity contribution in [3.05, 3.63) is 260 Å². The Bertz CT molecular complexity index is 7160. The van der Waals surface area contributed by atoms with Crippen LogP contribution >= 0.6 is 0 Å².